The summed E-state index contributed by atoms with van der Waals surface area (Å²) < 4.78 is 40.3. The summed E-state index contributed by atoms with van der Waals surface area (Å²) in [5, 5.41) is 3.05. The number of hydrogen-bond acceptors (Lipinski definition) is 2. The fourth-order valence-electron chi connectivity index (χ4n) is 1.83. The number of benzene rings is 2. The van der Waals surface area contributed by atoms with E-state index in [1.165, 1.54) is 0 Å². The minimum atomic E-state index is -1.48. The maximum Gasteiger partial charge on any atom is 0.194 e. The zero-order valence-corrected chi connectivity index (χ0v) is 11.9. The molecule has 0 aromatic heterocycles. The molecule has 2 aromatic rings. The fraction of sp³-hybridized carbons (Fsp3) is 0.143. The quantitative estimate of drug-likeness (QED) is 0.823. The minimum Gasteiger partial charge on any atom is -0.377 e. The Hall–Kier alpha value is -1.53. The summed E-state index contributed by atoms with van der Waals surface area (Å²) >= 11 is 3.32. The first-order chi connectivity index (χ1) is 9.51. The normalized spacial score (nSPS) is 12.2. The Morgan fingerprint density at radius 2 is 1.75 bits per heavy atom. The monoisotopic (exact) mass is 344 g/mol. The van der Waals surface area contributed by atoms with Crippen LogP contribution >= 0.6 is 15.9 Å². The van der Waals surface area contributed by atoms with Crippen LogP contribution in [-0.2, 0) is 0 Å². The Balaban J connectivity index is 2.29. The van der Waals surface area contributed by atoms with Gasteiger partial charge in [0, 0.05) is 16.7 Å². The van der Waals surface area contributed by atoms with Crippen LogP contribution < -0.4 is 11.1 Å². The van der Waals surface area contributed by atoms with Crippen molar-refractivity contribution in [2.75, 3.05) is 11.9 Å². The van der Waals surface area contributed by atoms with Gasteiger partial charge in [0.2, 0.25) is 0 Å². The third-order valence-corrected chi connectivity index (χ3v) is 3.30. The van der Waals surface area contributed by atoms with Gasteiger partial charge in [0.05, 0.1) is 6.04 Å². The van der Waals surface area contributed by atoms with Crippen molar-refractivity contribution in [1.29, 1.82) is 0 Å². The molecule has 0 spiro atoms. The predicted octanol–water partition coefficient (Wildman–Crippen LogP) is 3.98. The molecule has 0 heterocycles. The van der Waals surface area contributed by atoms with Crippen LogP contribution in [-0.4, -0.2) is 6.54 Å². The van der Waals surface area contributed by atoms with Gasteiger partial charge in [-0.15, -0.1) is 0 Å². The second-order valence-corrected chi connectivity index (χ2v) is 5.16. The van der Waals surface area contributed by atoms with Crippen molar-refractivity contribution in [2.24, 2.45) is 5.73 Å². The number of nitrogens with two attached hydrogens (primary N) is 1. The van der Waals surface area contributed by atoms with Gasteiger partial charge in [0.15, 0.2) is 17.5 Å². The van der Waals surface area contributed by atoms with Crippen LogP contribution in [0.4, 0.5) is 18.9 Å². The standard InChI is InChI=1S/C14H12BrF3N2/c15-9-2-1-3-10(6-9)20-13(7-19)8-4-11(16)14(18)12(17)5-8/h1-6,13,20H,7,19H2. The van der Waals surface area contributed by atoms with Crippen molar-refractivity contribution in [3.8, 4) is 0 Å². The van der Waals surface area contributed by atoms with E-state index in [-0.39, 0.29) is 12.1 Å². The smallest absolute Gasteiger partial charge is 0.194 e. The van der Waals surface area contributed by atoms with E-state index in [1.807, 2.05) is 12.1 Å². The number of rotatable bonds is 4. The average Bonchev–Trinajstić information content (AvgIpc) is 2.41. The van der Waals surface area contributed by atoms with Gasteiger partial charge in [0.25, 0.3) is 0 Å². The molecule has 0 aliphatic carbocycles. The molecule has 2 nitrogen and oxygen atoms in total. The highest BCUT2D eigenvalue weighted by molar-refractivity contribution is 9.10. The molecule has 20 heavy (non-hydrogen) atoms. The van der Waals surface area contributed by atoms with Gasteiger partial charge in [0.1, 0.15) is 0 Å². The number of nitrogens with one attached hydrogen (secondary N) is 1. The highest BCUT2D eigenvalue weighted by atomic mass is 79.9. The van der Waals surface area contributed by atoms with Crippen LogP contribution in [0.3, 0.4) is 0 Å². The molecule has 2 aromatic carbocycles. The van der Waals surface area contributed by atoms with E-state index in [9.17, 15) is 13.2 Å². The highest BCUT2D eigenvalue weighted by Crippen LogP contribution is 2.24. The fourth-order valence-corrected chi connectivity index (χ4v) is 2.23. The molecule has 0 bridgehead atoms. The molecular formula is C14H12BrF3N2. The van der Waals surface area contributed by atoms with E-state index in [0.29, 0.717) is 0 Å². The van der Waals surface area contributed by atoms with E-state index in [4.69, 9.17) is 5.73 Å². The highest BCUT2D eigenvalue weighted by Gasteiger charge is 2.16. The SMILES string of the molecule is NCC(Nc1cccc(Br)c1)c1cc(F)c(F)c(F)c1. The van der Waals surface area contributed by atoms with Crippen LogP contribution in [0.15, 0.2) is 40.9 Å². The average molecular weight is 345 g/mol. The topological polar surface area (TPSA) is 38.0 Å². The molecule has 106 valence electrons. The largest absolute Gasteiger partial charge is 0.377 e. The van der Waals surface area contributed by atoms with E-state index in [2.05, 4.69) is 21.2 Å². The van der Waals surface area contributed by atoms with Gasteiger partial charge in [-0.25, -0.2) is 13.2 Å². The molecule has 0 saturated heterocycles. The van der Waals surface area contributed by atoms with E-state index in [0.717, 1.165) is 22.3 Å². The maximum absolute atomic E-state index is 13.2. The van der Waals surface area contributed by atoms with Crippen LogP contribution in [0, 0.1) is 17.5 Å². The zero-order chi connectivity index (χ0) is 14.7. The van der Waals surface area contributed by atoms with E-state index in [1.54, 1.807) is 12.1 Å². The first kappa shape index (κ1) is 14.9. The van der Waals surface area contributed by atoms with Crippen LogP contribution in [0.1, 0.15) is 11.6 Å². The van der Waals surface area contributed by atoms with Crippen molar-refractivity contribution in [3.63, 3.8) is 0 Å². The molecule has 0 amide bonds. The third-order valence-electron chi connectivity index (χ3n) is 2.81. The van der Waals surface area contributed by atoms with E-state index >= 15 is 0 Å². The van der Waals surface area contributed by atoms with Crippen LogP contribution in [0.25, 0.3) is 0 Å². The van der Waals surface area contributed by atoms with Crippen molar-refractivity contribution in [3.05, 3.63) is 63.9 Å². The molecule has 0 aliphatic rings. The number of hydrogen-bond donors (Lipinski definition) is 2. The van der Waals surface area contributed by atoms with Gasteiger partial charge < -0.3 is 11.1 Å². The Bertz CT molecular complexity index is 596. The van der Waals surface area contributed by atoms with Crippen molar-refractivity contribution >= 4 is 21.6 Å². The first-order valence-electron chi connectivity index (χ1n) is 5.88. The van der Waals surface area contributed by atoms with Gasteiger partial charge in [-0.1, -0.05) is 22.0 Å². The van der Waals surface area contributed by atoms with Crippen molar-refractivity contribution in [1.82, 2.24) is 0 Å². The van der Waals surface area contributed by atoms with Crippen molar-refractivity contribution < 1.29 is 13.2 Å². The summed E-state index contributed by atoms with van der Waals surface area (Å²) in [4.78, 5) is 0. The van der Waals surface area contributed by atoms with Gasteiger partial charge in [-0.3, -0.25) is 0 Å². The molecule has 0 fully saturated rings. The summed E-state index contributed by atoms with van der Waals surface area (Å²) in [6, 6.07) is 8.63. The first-order valence-corrected chi connectivity index (χ1v) is 6.67. The van der Waals surface area contributed by atoms with Crippen molar-refractivity contribution in [2.45, 2.75) is 6.04 Å². The lowest BCUT2D eigenvalue weighted by Gasteiger charge is -2.19. The lowest BCUT2D eigenvalue weighted by Crippen LogP contribution is -2.21. The maximum atomic E-state index is 13.2. The third kappa shape index (κ3) is 3.32. The molecule has 1 atom stereocenters. The van der Waals surface area contributed by atoms with Crippen LogP contribution in [0.2, 0.25) is 0 Å². The number of halogens is 4. The zero-order valence-electron chi connectivity index (χ0n) is 10.3. The summed E-state index contributed by atoms with van der Waals surface area (Å²) in [5.74, 6) is -3.93. The second-order valence-electron chi connectivity index (χ2n) is 4.24. The minimum absolute atomic E-state index is 0.108. The molecule has 6 heteroatoms. The van der Waals surface area contributed by atoms with E-state index < -0.39 is 23.5 Å². The van der Waals surface area contributed by atoms with Gasteiger partial charge >= 0.3 is 0 Å². The Morgan fingerprint density at radius 1 is 1.10 bits per heavy atom. The lowest BCUT2D eigenvalue weighted by atomic mass is 10.1. The molecule has 3 N–H and O–H groups in total. The Morgan fingerprint density at radius 3 is 2.30 bits per heavy atom. The molecule has 2 rings (SSSR count). The molecule has 1 unspecified atom stereocenters. The summed E-state index contributed by atoms with van der Waals surface area (Å²) in [5.41, 5.74) is 6.61. The molecule has 0 radical (unpaired) electrons. The second kappa shape index (κ2) is 6.28. The summed E-state index contributed by atoms with van der Waals surface area (Å²) in [7, 11) is 0. The summed E-state index contributed by atoms with van der Waals surface area (Å²) in [6.07, 6.45) is 0. The predicted molar refractivity (Wildman–Crippen MR) is 75.9 cm³/mol. The molecular weight excluding hydrogens is 333 g/mol. The van der Waals surface area contributed by atoms with Crippen LogP contribution in [0.5, 0.6) is 0 Å². The lowest BCUT2D eigenvalue weighted by molar-refractivity contribution is 0.444. The number of anilines is 1. The molecule has 0 saturated carbocycles. The molecule has 0 aliphatic heterocycles. The van der Waals surface area contributed by atoms with Gasteiger partial charge in [-0.2, -0.15) is 0 Å². The summed E-state index contributed by atoms with van der Waals surface area (Å²) in [6.45, 7) is 0.108. The Kier molecular flexibility index (Phi) is 4.67. The Labute approximate surface area is 122 Å². The van der Waals surface area contributed by atoms with Gasteiger partial charge in [-0.05, 0) is 35.9 Å².